The molecule has 6 nitrogen and oxygen atoms in total. The predicted octanol–water partition coefficient (Wildman–Crippen LogP) is 9.46. The fraction of sp³-hybridized carbons (Fsp3) is 0.727. The van der Waals surface area contributed by atoms with Gasteiger partial charge in [0.15, 0.2) is 5.17 Å². The van der Waals surface area contributed by atoms with Gasteiger partial charge in [-0.05, 0) is 66.4 Å². The maximum atomic E-state index is 12.7. The lowest BCUT2D eigenvalue weighted by molar-refractivity contribution is -0.118. The van der Waals surface area contributed by atoms with Crippen LogP contribution < -0.4 is 5.32 Å². The van der Waals surface area contributed by atoms with Gasteiger partial charge >= 0.3 is 0 Å². The standard InChI is InChI=1S/C27H40N4O2S3.3C2H6/c1-5-11-20-21(7-3)36-25-24(20)27(4,33)31(16-6-2)26(30-25)34-17-23(32)29-18-35-22-13-10-8-9-12-19(22)14-15-28;3*1-2/h6,24-25,33H,2,5,7-14,16-18H2,1,3-4H3,(H,29,32);3*1-2H3. The number of hydrogen-bond donors (Lipinski definition) is 2. The van der Waals surface area contributed by atoms with Gasteiger partial charge < -0.3 is 15.3 Å². The topological polar surface area (TPSA) is 88.7 Å². The quantitative estimate of drug-likeness (QED) is 0.172. The summed E-state index contributed by atoms with van der Waals surface area (Å²) in [5.74, 6) is 0.646. The Bertz CT molecular complexity index is 953. The van der Waals surface area contributed by atoms with E-state index in [0.29, 0.717) is 24.0 Å². The highest BCUT2D eigenvalue weighted by atomic mass is 32.2. The number of nitrogens with zero attached hydrogens (tertiary/aromatic N) is 3. The summed E-state index contributed by atoms with van der Waals surface area (Å²) in [6, 6.07) is 2.29. The summed E-state index contributed by atoms with van der Waals surface area (Å²) in [4.78, 5) is 22.3. The Kier molecular flexibility index (Phi) is 22.4. The largest absolute Gasteiger partial charge is 0.370 e. The van der Waals surface area contributed by atoms with E-state index < -0.39 is 5.72 Å². The summed E-state index contributed by atoms with van der Waals surface area (Å²) in [6.07, 6.45) is 10.7. The smallest absolute Gasteiger partial charge is 0.231 e. The summed E-state index contributed by atoms with van der Waals surface area (Å²) in [6.45, 7) is 22.6. The molecule has 2 heterocycles. The predicted molar refractivity (Wildman–Crippen MR) is 189 cm³/mol. The first-order chi connectivity index (χ1) is 20.4. The van der Waals surface area contributed by atoms with E-state index in [1.54, 1.807) is 29.6 Å². The van der Waals surface area contributed by atoms with E-state index in [1.807, 2.05) is 53.4 Å². The molecule has 240 valence electrons. The van der Waals surface area contributed by atoms with Gasteiger partial charge in [-0.3, -0.25) is 4.79 Å². The number of hydrogen-bond acceptors (Lipinski definition) is 8. The highest BCUT2D eigenvalue weighted by Gasteiger charge is 2.52. The molecule has 9 heteroatoms. The molecule has 3 unspecified atom stereocenters. The van der Waals surface area contributed by atoms with Gasteiger partial charge in [0.25, 0.3) is 0 Å². The molecule has 0 aromatic rings. The second-order valence-electron chi connectivity index (χ2n) is 9.54. The zero-order chi connectivity index (χ0) is 32.1. The Hall–Kier alpha value is -1.34. The van der Waals surface area contributed by atoms with E-state index in [9.17, 15) is 9.90 Å². The van der Waals surface area contributed by atoms with Gasteiger partial charge in [0.05, 0.1) is 30.0 Å². The van der Waals surface area contributed by atoms with Gasteiger partial charge in [-0.1, -0.05) is 86.1 Å². The Balaban J connectivity index is 0.00000263. The van der Waals surface area contributed by atoms with Crippen molar-refractivity contribution in [3.8, 4) is 6.07 Å². The molecule has 3 aliphatic rings. The van der Waals surface area contributed by atoms with Crippen molar-refractivity contribution < 1.29 is 9.90 Å². The molecular weight excluding hydrogens is 581 g/mol. The fourth-order valence-corrected chi connectivity index (χ4v) is 8.87. The van der Waals surface area contributed by atoms with Crippen LogP contribution in [-0.2, 0) is 4.79 Å². The number of carbonyl (C=O) groups excluding carboxylic acids is 1. The number of fused-ring (bicyclic) bond motifs is 1. The van der Waals surface area contributed by atoms with Crippen LogP contribution in [0, 0.1) is 17.2 Å². The Morgan fingerprint density at radius 3 is 2.45 bits per heavy atom. The van der Waals surface area contributed by atoms with Crippen molar-refractivity contribution >= 4 is 46.4 Å². The average Bonchev–Trinajstić information content (AvgIpc) is 3.22. The Labute approximate surface area is 270 Å². The summed E-state index contributed by atoms with van der Waals surface area (Å²) in [5.41, 5.74) is 1.49. The third kappa shape index (κ3) is 11.6. The minimum absolute atomic E-state index is 0.0512. The minimum Gasteiger partial charge on any atom is -0.370 e. The van der Waals surface area contributed by atoms with Crippen LogP contribution in [0.4, 0.5) is 0 Å². The van der Waals surface area contributed by atoms with Crippen molar-refractivity contribution in [3.05, 3.63) is 33.6 Å². The number of allylic oxidation sites excluding steroid dienone is 3. The molecule has 0 saturated carbocycles. The van der Waals surface area contributed by atoms with Crippen LogP contribution in [0.25, 0.3) is 0 Å². The van der Waals surface area contributed by atoms with E-state index in [4.69, 9.17) is 10.3 Å². The Morgan fingerprint density at radius 1 is 1.19 bits per heavy atom. The molecule has 1 amide bonds. The van der Waals surface area contributed by atoms with Gasteiger partial charge in [-0.2, -0.15) is 5.26 Å². The van der Waals surface area contributed by atoms with E-state index in [2.05, 4.69) is 31.8 Å². The fourth-order valence-electron chi connectivity index (χ4n) is 5.22. The molecule has 0 fully saturated rings. The molecule has 0 aromatic heterocycles. The Morgan fingerprint density at radius 2 is 1.86 bits per heavy atom. The lowest BCUT2D eigenvalue weighted by atomic mass is 9.84. The van der Waals surface area contributed by atoms with Crippen molar-refractivity contribution in [1.29, 1.82) is 5.26 Å². The highest BCUT2D eigenvalue weighted by molar-refractivity contribution is 8.14. The van der Waals surface area contributed by atoms with Crippen LogP contribution in [0.1, 0.15) is 120 Å². The zero-order valence-corrected chi connectivity index (χ0v) is 30.3. The molecule has 3 rings (SSSR count). The van der Waals surface area contributed by atoms with Crippen molar-refractivity contribution in [2.24, 2.45) is 10.9 Å². The van der Waals surface area contributed by atoms with Crippen molar-refractivity contribution in [1.82, 2.24) is 10.2 Å². The number of thioether (sulfide) groups is 3. The number of aliphatic hydroxyl groups is 1. The molecule has 1 aliphatic carbocycles. The molecule has 2 aliphatic heterocycles. The van der Waals surface area contributed by atoms with Crippen LogP contribution in [0.5, 0.6) is 0 Å². The first-order valence-corrected chi connectivity index (χ1v) is 18.9. The average molecular weight is 639 g/mol. The molecule has 42 heavy (non-hydrogen) atoms. The van der Waals surface area contributed by atoms with Crippen molar-refractivity contribution in [3.63, 3.8) is 0 Å². The first-order valence-electron chi connectivity index (χ1n) is 16.0. The second-order valence-corrected chi connectivity index (χ2v) is 12.8. The number of carbonyl (C=O) groups is 1. The molecule has 0 spiro atoms. The molecular formula is C33H58N4O2S3. The van der Waals surface area contributed by atoms with Gasteiger partial charge in [0, 0.05) is 6.54 Å². The van der Waals surface area contributed by atoms with Crippen LogP contribution in [0.3, 0.4) is 0 Å². The summed E-state index contributed by atoms with van der Waals surface area (Å²) >= 11 is 4.82. The van der Waals surface area contributed by atoms with Gasteiger partial charge in [0.2, 0.25) is 5.91 Å². The molecule has 0 bridgehead atoms. The number of amides is 1. The lowest BCUT2D eigenvalue weighted by Crippen LogP contribution is -2.59. The molecule has 3 atom stereocenters. The van der Waals surface area contributed by atoms with E-state index in [1.165, 1.54) is 39.1 Å². The molecule has 0 aromatic carbocycles. The molecule has 0 radical (unpaired) electrons. The van der Waals surface area contributed by atoms with Gasteiger partial charge in [0.1, 0.15) is 11.1 Å². The van der Waals surface area contributed by atoms with E-state index in [0.717, 1.165) is 44.9 Å². The summed E-state index contributed by atoms with van der Waals surface area (Å²) < 4.78 is 0. The van der Waals surface area contributed by atoms with Crippen molar-refractivity contribution in [2.45, 2.75) is 131 Å². The van der Waals surface area contributed by atoms with Crippen LogP contribution in [0.15, 0.2) is 38.6 Å². The molecule has 2 N–H and O–H groups in total. The normalized spacial score (nSPS) is 23.0. The number of aliphatic imine (C=N–C) groups is 1. The third-order valence-electron chi connectivity index (χ3n) is 6.96. The molecule has 0 saturated heterocycles. The first kappa shape index (κ1) is 40.7. The minimum atomic E-state index is -1.09. The van der Waals surface area contributed by atoms with E-state index >= 15 is 0 Å². The van der Waals surface area contributed by atoms with E-state index in [-0.39, 0.29) is 23.0 Å². The van der Waals surface area contributed by atoms with Gasteiger partial charge in [-0.25, -0.2) is 4.99 Å². The number of amidine groups is 1. The number of nitrogens with one attached hydrogen (secondary N) is 1. The van der Waals surface area contributed by atoms with Crippen LogP contribution in [-0.4, -0.2) is 50.4 Å². The lowest BCUT2D eigenvalue weighted by Gasteiger charge is -2.47. The third-order valence-corrected chi connectivity index (χ3v) is 10.5. The number of nitriles is 1. The van der Waals surface area contributed by atoms with Gasteiger partial charge in [-0.15, -0.1) is 30.1 Å². The maximum absolute atomic E-state index is 12.7. The second kappa shape index (κ2) is 23.1. The van der Waals surface area contributed by atoms with Crippen molar-refractivity contribution in [2.75, 3.05) is 18.2 Å². The van der Waals surface area contributed by atoms with Crippen LogP contribution >= 0.6 is 35.3 Å². The highest BCUT2D eigenvalue weighted by Crippen LogP contribution is 2.53. The summed E-state index contributed by atoms with van der Waals surface area (Å²) in [7, 11) is 0. The maximum Gasteiger partial charge on any atom is 0.231 e. The van der Waals surface area contributed by atoms with Crippen LogP contribution in [0.2, 0.25) is 0 Å². The SMILES string of the molecule is C=CCN1C(SCC(=O)NCSC2=C(CC#N)CCCCC2)=NC2SC(CC)=C(CCC)C2C1(C)O.CC.CC.CC. The monoisotopic (exact) mass is 638 g/mol. The summed E-state index contributed by atoms with van der Waals surface area (Å²) in [5, 5.41) is 24.6. The number of rotatable bonds is 11. The zero-order valence-electron chi connectivity index (χ0n) is 27.8.